The molecule has 0 aliphatic carbocycles. The van der Waals surface area contributed by atoms with E-state index >= 15 is 0 Å². The minimum atomic E-state index is 0.598. The second kappa shape index (κ2) is 9.71. The van der Waals surface area contributed by atoms with Gasteiger partial charge in [0.05, 0.1) is 12.8 Å². The lowest BCUT2D eigenvalue weighted by molar-refractivity contribution is 0.416. The Bertz CT molecular complexity index is 1130. The monoisotopic (exact) mass is 411 g/mol. The molecule has 0 spiro atoms. The highest BCUT2D eigenvalue weighted by Crippen LogP contribution is 2.30. The zero-order valence-corrected chi connectivity index (χ0v) is 17.7. The quantitative estimate of drug-likeness (QED) is 0.442. The molecular weight excluding hydrogens is 386 g/mol. The maximum atomic E-state index is 5.49. The van der Waals surface area contributed by atoms with Crippen LogP contribution in [0.1, 0.15) is 5.56 Å². The smallest absolute Gasteiger partial charge is 0.224 e. The van der Waals surface area contributed by atoms with Gasteiger partial charge in [-0.05, 0) is 42.3 Å². The first-order chi connectivity index (χ1) is 15.2. The second-order valence-corrected chi connectivity index (χ2v) is 7.04. The molecule has 0 unspecified atom stereocenters. The maximum absolute atomic E-state index is 5.49. The Hall–Kier alpha value is -3.93. The van der Waals surface area contributed by atoms with Crippen LogP contribution in [0.25, 0.3) is 11.3 Å². The fraction of sp³-hybridized carbons (Fsp3) is 0.160. The Labute approximate surface area is 182 Å². The van der Waals surface area contributed by atoms with E-state index in [1.807, 2.05) is 78.7 Å². The lowest BCUT2D eigenvalue weighted by atomic mass is 10.1. The minimum absolute atomic E-state index is 0.598. The van der Waals surface area contributed by atoms with Crippen LogP contribution in [0.15, 0.2) is 85.1 Å². The molecule has 0 aliphatic heterocycles. The number of anilines is 3. The molecule has 2 heterocycles. The Kier molecular flexibility index (Phi) is 6.38. The summed E-state index contributed by atoms with van der Waals surface area (Å²) in [7, 11) is 3.62. The molecule has 1 N–H and O–H groups in total. The Morgan fingerprint density at radius 2 is 1.61 bits per heavy atom. The summed E-state index contributed by atoms with van der Waals surface area (Å²) in [6.45, 7) is 0.763. The fourth-order valence-corrected chi connectivity index (χ4v) is 3.32. The summed E-state index contributed by atoms with van der Waals surface area (Å²) in [5, 5.41) is 3.31. The van der Waals surface area contributed by atoms with Crippen LogP contribution in [-0.4, -0.2) is 35.7 Å². The van der Waals surface area contributed by atoms with E-state index in [9.17, 15) is 0 Å². The fourth-order valence-electron chi connectivity index (χ4n) is 3.32. The van der Waals surface area contributed by atoms with E-state index in [0.717, 1.165) is 41.6 Å². The van der Waals surface area contributed by atoms with Crippen LogP contribution < -0.4 is 15.0 Å². The number of hydrogen-bond donors (Lipinski definition) is 1. The average molecular weight is 412 g/mol. The largest absolute Gasteiger partial charge is 0.496 e. The highest BCUT2D eigenvalue weighted by Gasteiger charge is 2.12. The van der Waals surface area contributed by atoms with Crippen LogP contribution in [0, 0.1) is 0 Å². The molecule has 0 fully saturated rings. The van der Waals surface area contributed by atoms with Crippen LogP contribution in [-0.2, 0) is 6.42 Å². The number of ether oxygens (including phenoxy) is 1. The molecule has 156 valence electrons. The van der Waals surface area contributed by atoms with Crippen molar-refractivity contribution < 1.29 is 4.74 Å². The van der Waals surface area contributed by atoms with Crippen molar-refractivity contribution >= 4 is 17.6 Å². The number of methoxy groups -OCH3 is 1. The van der Waals surface area contributed by atoms with Crippen molar-refractivity contribution in [2.45, 2.75) is 6.42 Å². The third-order valence-electron chi connectivity index (χ3n) is 4.99. The molecule has 0 saturated carbocycles. The van der Waals surface area contributed by atoms with Gasteiger partial charge in [-0.25, -0.2) is 9.97 Å². The molecule has 0 aliphatic rings. The van der Waals surface area contributed by atoms with Gasteiger partial charge < -0.3 is 15.0 Å². The van der Waals surface area contributed by atoms with Crippen LogP contribution in [0.5, 0.6) is 5.75 Å². The molecule has 31 heavy (non-hydrogen) atoms. The van der Waals surface area contributed by atoms with E-state index in [1.165, 1.54) is 5.56 Å². The van der Waals surface area contributed by atoms with Gasteiger partial charge >= 0.3 is 0 Å². The summed E-state index contributed by atoms with van der Waals surface area (Å²) < 4.78 is 5.49. The van der Waals surface area contributed by atoms with Crippen molar-refractivity contribution in [1.29, 1.82) is 0 Å². The first-order valence-electron chi connectivity index (χ1n) is 10.2. The van der Waals surface area contributed by atoms with Crippen molar-refractivity contribution in [3.8, 4) is 17.0 Å². The van der Waals surface area contributed by atoms with Crippen molar-refractivity contribution in [2.24, 2.45) is 0 Å². The molecule has 0 bridgehead atoms. The van der Waals surface area contributed by atoms with Gasteiger partial charge in [0.15, 0.2) is 0 Å². The molecule has 4 rings (SSSR count). The first-order valence-corrected chi connectivity index (χ1v) is 10.2. The Morgan fingerprint density at radius 1 is 0.839 bits per heavy atom. The third-order valence-corrected chi connectivity index (χ3v) is 4.99. The number of rotatable bonds is 8. The number of hydrogen-bond acceptors (Lipinski definition) is 6. The lowest BCUT2D eigenvalue weighted by Crippen LogP contribution is -2.15. The standard InChI is InChI=1S/C25H25N5O/c1-30(23-14-8-12-21(28-23)20-11-6-7-13-22(20)31-2)24-16-18-27-25(29-24)26-17-15-19-9-4-3-5-10-19/h3-14,16,18H,15,17H2,1-2H3,(H,26,27,29). The number of nitrogens with one attached hydrogen (secondary N) is 1. The van der Waals surface area contributed by atoms with Crippen LogP contribution >= 0.6 is 0 Å². The normalized spacial score (nSPS) is 10.5. The molecule has 0 saturated heterocycles. The molecule has 0 amide bonds. The van der Waals surface area contributed by atoms with Gasteiger partial charge in [-0.1, -0.05) is 48.5 Å². The van der Waals surface area contributed by atoms with Crippen molar-refractivity contribution in [2.75, 3.05) is 30.9 Å². The number of aromatic nitrogens is 3. The molecule has 2 aromatic carbocycles. The summed E-state index contributed by atoms with van der Waals surface area (Å²) in [4.78, 5) is 15.8. The summed E-state index contributed by atoms with van der Waals surface area (Å²) >= 11 is 0. The summed E-state index contributed by atoms with van der Waals surface area (Å²) in [5.41, 5.74) is 3.07. The first kappa shape index (κ1) is 20.3. The predicted molar refractivity (Wildman–Crippen MR) is 125 cm³/mol. The van der Waals surface area contributed by atoms with Gasteiger partial charge in [0.2, 0.25) is 5.95 Å². The molecule has 4 aromatic rings. The molecule has 6 heteroatoms. The summed E-state index contributed by atoms with van der Waals surface area (Å²) in [6, 6.07) is 26.0. The topological polar surface area (TPSA) is 63.2 Å². The zero-order chi connectivity index (χ0) is 21.5. The molecule has 6 nitrogen and oxygen atoms in total. The maximum Gasteiger partial charge on any atom is 0.224 e. The lowest BCUT2D eigenvalue weighted by Gasteiger charge is -2.19. The van der Waals surface area contributed by atoms with E-state index in [1.54, 1.807) is 13.3 Å². The van der Waals surface area contributed by atoms with E-state index in [2.05, 4.69) is 27.4 Å². The third kappa shape index (κ3) is 4.98. The van der Waals surface area contributed by atoms with Crippen molar-refractivity contribution in [1.82, 2.24) is 15.0 Å². The van der Waals surface area contributed by atoms with Crippen LogP contribution in [0.3, 0.4) is 0 Å². The van der Waals surface area contributed by atoms with E-state index in [0.29, 0.717) is 5.95 Å². The summed E-state index contributed by atoms with van der Waals surface area (Å²) in [5.74, 6) is 2.95. The van der Waals surface area contributed by atoms with E-state index < -0.39 is 0 Å². The van der Waals surface area contributed by atoms with E-state index in [-0.39, 0.29) is 0 Å². The molecular formula is C25H25N5O. The van der Waals surface area contributed by atoms with Gasteiger partial charge in [-0.15, -0.1) is 0 Å². The van der Waals surface area contributed by atoms with Gasteiger partial charge in [0.25, 0.3) is 0 Å². The van der Waals surface area contributed by atoms with Gasteiger partial charge in [-0.3, -0.25) is 0 Å². The molecule has 0 atom stereocenters. The highest BCUT2D eigenvalue weighted by atomic mass is 16.5. The Balaban J connectivity index is 1.49. The predicted octanol–water partition coefficient (Wildman–Crippen LogP) is 4.97. The van der Waals surface area contributed by atoms with Gasteiger partial charge in [0, 0.05) is 25.4 Å². The van der Waals surface area contributed by atoms with Gasteiger partial charge in [0.1, 0.15) is 17.4 Å². The summed E-state index contributed by atoms with van der Waals surface area (Å²) in [6.07, 6.45) is 2.67. The van der Waals surface area contributed by atoms with Crippen molar-refractivity contribution in [3.63, 3.8) is 0 Å². The number of benzene rings is 2. The van der Waals surface area contributed by atoms with E-state index in [4.69, 9.17) is 9.72 Å². The van der Waals surface area contributed by atoms with Crippen molar-refractivity contribution in [3.05, 3.63) is 90.6 Å². The Morgan fingerprint density at radius 3 is 2.45 bits per heavy atom. The molecule has 2 aromatic heterocycles. The van der Waals surface area contributed by atoms with Gasteiger partial charge in [-0.2, -0.15) is 4.98 Å². The van der Waals surface area contributed by atoms with Crippen LogP contribution in [0.4, 0.5) is 17.6 Å². The molecule has 0 radical (unpaired) electrons. The number of nitrogens with zero attached hydrogens (tertiary/aromatic N) is 4. The number of pyridine rings is 1. The average Bonchev–Trinajstić information content (AvgIpc) is 2.84. The number of para-hydroxylation sites is 1. The second-order valence-electron chi connectivity index (χ2n) is 7.04. The minimum Gasteiger partial charge on any atom is -0.496 e. The van der Waals surface area contributed by atoms with Crippen LogP contribution in [0.2, 0.25) is 0 Å². The zero-order valence-electron chi connectivity index (χ0n) is 17.7. The SMILES string of the molecule is COc1ccccc1-c1cccc(N(C)c2ccnc(NCCc3ccccc3)n2)n1. The highest BCUT2D eigenvalue weighted by molar-refractivity contribution is 5.69.